The number of carbonyl (C=O) groups excluding carboxylic acids is 1. The second-order valence-electron chi connectivity index (χ2n) is 6.48. The summed E-state index contributed by atoms with van der Waals surface area (Å²) < 4.78 is 42.0. The van der Waals surface area contributed by atoms with Gasteiger partial charge in [-0.1, -0.05) is 35.9 Å². The minimum Gasteiger partial charge on any atom is -0.319 e. The van der Waals surface area contributed by atoms with Gasteiger partial charge in [-0.15, -0.1) is 0 Å². The van der Waals surface area contributed by atoms with Gasteiger partial charge < -0.3 is 5.32 Å². The van der Waals surface area contributed by atoms with Gasteiger partial charge >= 0.3 is 0 Å². The van der Waals surface area contributed by atoms with Crippen LogP contribution >= 0.6 is 11.6 Å². The number of hydrogen-bond donors (Lipinski definition) is 2. The Hall–Kier alpha value is -2.90. The van der Waals surface area contributed by atoms with Crippen LogP contribution in [0.2, 0.25) is 5.02 Å². The van der Waals surface area contributed by atoms with Gasteiger partial charge in [0, 0.05) is 10.6 Å². The molecule has 0 aliphatic heterocycles. The molecule has 3 aromatic carbocycles. The highest BCUT2D eigenvalue weighted by molar-refractivity contribution is 7.92. The summed E-state index contributed by atoms with van der Waals surface area (Å²) in [5.41, 5.74) is 1.82. The van der Waals surface area contributed by atoms with Gasteiger partial charge in [-0.25, -0.2) is 12.8 Å². The third kappa shape index (κ3) is 4.75. The monoisotopic (exact) mass is 432 g/mol. The van der Waals surface area contributed by atoms with E-state index in [1.54, 1.807) is 38.1 Å². The maximum Gasteiger partial charge on any atom is 0.261 e. The second-order valence-corrected chi connectivity index (χ2v) is 8.59. The molecule has 0 fully saturated rings. The summed E-state index contributed by atoms with van der Waals surface area (Å²) in [5, 5.41) is 2.65. The number of rotatable bonds is 5. The zero-order valence-electron chi connectivity index (χ0n) is 15.7. The van der Waals surface area contributed by atoms with Crippen molar-refractivity contribution in [2.45, 2.75) is 18.7 Å². The molecule has 3 rings (SSSR count). The summed E-state index contributed by atoms with van der Waals surface area (Å²) >= 11 is 5.72. The molecule has 0 radical (unpaired) electrons. The Labute approximate surface area is 173 Å². The van der Waals surface area contributed by atoms with E-state index in [0.717, 1.165) is 11.6 Å². The zero-order valence-corrected chi connectivity index (χ0v) is 17.2. The summed E-state index contributed by atoms with van der Waals surface area (Å²) in [6.45, 7) is 3.45. The first-order valence-electron chi connectivity index (χ1n) is 8.63. The molecule has 0 unspecified atom stereocenters. The Bertz CT molecular complexity index is 1200. The lowest BCUT2D eigenvalue weighted by molar-refractivity contribution is 0.102. The van der Waals surface area contributed by atoms with Gasteiger partial charge in [0.15, 0.2) is 0 Å². The van der Waals surface area contributed by atoms with Gasteiger partial charge in [0.2, 0.25) is 0 Å². The van der Waals surface area contributed by atoms with Gasteiger partial charge in [0.05, 0.1) is 16.3 Å². The highest BCUT2D eigenvalue weighted by atomic mass is 35.5. The lowest BCUT2D eigenvalue weighted by atomic mass is 10.1. The highest BCUT2D eigenvalue weighted by Gasteiger charge is 2.19. The molecule has 0 saturated heterocycles. The molecule has 3 aromatic rings. The number of aryl methyl sites for hydroxylation is 2. The maximum absolute atomic E-state index is 14.0. The van der Waals surface area contributed by atoms with E-state index in [1.165, 1.54) is 30.3 Å². The van der Waals surface area contributed by atoms with Crippen molar-refractivity contribution < 1.29 is 17.6 Å². The first-order chi connectivity index (χ1) is 13.7. The number of amides is 1. The van der Waals surface area contributed by atoms with Crippen molar-refractivity contribution in [2.24, 2.45) is 0 Å². The fourth-order valence-electron chi connectivity index (χ4n) is 2.68. The Morgan fingerprint density at radius 3 is 2.34 bits per heavy atom. The predicted molar refractivity (Wildman–Crippen MR) is 113 cm³/mol. The van der Waals surface area contributed by atoms with Crippen LogP contribution in [0.4, 0.5) is 15.8 Å². The number of carbonyl (C=O) groups is 1. The van der Waals surface area contributed by atoms with E-state index in [9.17, 15) is 17.6 Å². The SMILES string of the molecule is Cc1ccccc1NS(=O)(=O)c1ccc(C)c(C(=O)Nc2ccc(Cl)cc2F)c1. The molecule has 0 spiro atoms. The smallest absolute Gasteiger partial charge is 0.261 e. The minimum atomic E-state index is -3.92. The molecule has 0 atom stereocenters. The minimum absolute atomic E-state index is 0.0508. The lowest BCUT2D eigenvalue weighted by Crippen LogP contribution is -2.17. The van der Waals surface area contributed by atoms with Crippen molar-refractivity contribution in [3.05, 3.63) is 88.2 Å². The molecule has 0 aliphatic carbocycles. The first kappa shape index (κ1) is 20.8. The molecule has 29 heavy (non-hydrogen) atoms. The van der Waals surface area contributed by atoms with Crippen molar-refractivity contribution >= 4 is 38.9 Å². The summed E-state index contributed by atoms with van der Waals surface area (Å²) in [7, 11) is -3.92. The van der Waals surface area contributed by atoms with Crippen molar-refractivity contribution in [3.63, 3.8) is 0 Å². The van der Waals surface area contributed by atoms with Gasteiger partial charge in [-0.05, 0) is 61.4 Å². The van der Waals surface area contributed by atoms with E-state index in [-0.39, 0.29) is 21.2 Å². The average molecular weight is 433 g/mol. The molecular weight excluding hydrogens is 415 g/mol. The molecule has 0 bridgehead atoms. The molecular formula is C21H18ClFN2O3S. The third-order valence-corrected chi connectivity index (χ3v) is 5.93. The Morgan fingerprint density at radius 1 is 0.931 bits per heavy atom. The van der Waals surface area contributed by atoms with Crippen molar-refractivity contribution in [1.82, 2.24) is 0 Å². The van der Waals surface area contributed by atoms with Gasteiger partial charge in [0.25, 0.3) is 15.9 Å². The van der Waals surface area contributed by atoms with Crippen LogP contribution in [0.25, 0.3) is 0 Å². The van der Waals surface area contributed by atoms with E-state index >= 15 is 0 Å². The molecule has 0 heterocycles. The largest absolute Gasteiger partial charge is 0.319 e. The standard InChI is InChI=1S/C21H18ClFN2O3S/c1-13-7-9-16(29(27,28)25-19-6-4-3-5-14(19)2)12-17(13)21(26)24-20-10-8-15(22)11-18(20)23/h3-12,25H,1-2H3,(H,24,26). The van der Waals surface area contributed by atoms with E-state index in [1.807, 2.05) is 0 Å². The topological polar surface area (TPSA) is 75.3 Å². The third-order valence-electron chi connectivity index (χ3n) is 4.33. The van der Waals surface area contributed by atoms with Crippen LogP contribution in [0.1, 0.15) is 21.5 Å². The van der Waals surface area contributed by atoms with Gasteiger partial charge in [-0.3, -0.25) is 9.52 Å². The van der Waals surface area contributed by atoms with Crippen LogP contribution < -0.4 is 10.0 Å². The fourth-order valence-corrected chi connectivity index (χ4v) is 4.00. The van der Waals surface area contributed by atoms with Crippen LogP contribution in [0.15, 0.2) is 65.6 Å². The number of para-hydroxylation sites is 1. The van der Waals surface area contributed by atoms with Crippen molar-refractivity contribution in [3.8, 4) is 0 Å². The zero-order chi connectivity index (χ0) is 21.2. The van der Waals surface area contributed by atoms with Crippen LogP contribution in [-0.2, 0) is 10.0 Å². The van der Waals surface area contributed by atoms with E-state index < -0.39 is 21.7 Å². The van der Waals surface area contributed by atoms with Crippen LogP contribution in [0, 0.1) is 19.7 Å². The first-order valence-corrected chi connectivity index (χ1v) is 10.5. The van der Waals surface area contributed by atoms with Crippen molar-refractivity contribution in [1.29, 1.82) is 0 Å². The summed E-state index contributed by atoms with van der Waals surface area (Å²) in [6, 6.07) is 15.0. The summed E-state index contributed by atoms with van der Waals surface area (Å²) in [4.78, 5) is 12.6. The number of benzene rings is 3. The molecule has 1 amide bonds. The maximum atomic E-state index is 14.0. The van der Waals surface area contributed by atoms with Crippen molar-refractivity contribution in [2.75, 3.05) is 10.0 Å². The molecule has 0 aliphatic rings. The lowest BCUT2D eigenvalue weighted by Gasteiger charge is -2.13. The summed E-state index contributed by atoms with van der Waals surface area (Å²) in [6.07, 6.45) is 0. The molecule has 0 aromatic heterocycles. The van der Waals surface area contributed by atoms with Crippen LogP contribution in [0.3, 0.4) is 0 Å². The van der Waals surface area contributed by atoms with E-state index in [4.69, 9.17) is 11.6 Å². The van der Waals surface area contributed by atoms with Crippen LogP contribution in [0.5, 0.6) is 0 Å². The summed E-state index contributed by atoms with van der Waals surface area (Å²) in [5.74, 6) is -1.31. The number of halogens is 2. The quantitative estimate of drug-likeness (QED) is 0.585. The van der Waals surface area contributed by atoms with E-state index in [2.05, 4.69) is 10.0 Å². The highest BCUT2D eigenvalue weighted by Crippen LogP contribution is 2.23. The molecule has 150 valence electrons. The molecule has 0 saturated carbocycles. The Balaban J connectivity index is 1.91. The van der Waals surface area contributed by atoms with E-state index in [0.29, 0.717) is 11.3 Å². The Morgan fingerprint density at radius 2 is 1.66 bits per heavy atom. The number of sulfonamides is 1. The second kappa shape index (κ2) is 8.23. The van der Waals surface area contributed by atoms with Crippen LogP contribution in [-0.4, -0.2) is 14.3 Å². The predicted octanol–water partition coefficient (Wildman–Crippen LogP) is 5.15. The van der Waals surface area contributed by atoms with Gasteiger partial charge in [-0.2, -0.15) is 0 Å². The molecule has 2 N–H and O–H groups in total. The number of nitrogens with one attached hydrogen (secondary N) is 2. The molecule has 8 heteroatoms. The fraction of sp³-hybridized carbons (Fsp3) is 0.0952. The normalized spacial score (nSPS) is 11.2. The Kier molecular flexibility index (Phi) is 5.91. The average Bonchev–Trinajstić information content (AvgIpc) is 2.66. The number of hydrogen-bond acceptors (Lipinski definition) is 3. The number of anilines is 2. The van der Waals surface area contributed by atoms with Gasteiger partial charge in [0.1, 0.15) is 5.82 Å². The molecule has 5 nitrogen and oxygen atoms in total.